The second-order valence-electron chi connectivity index (χ2n) is 5.08. The minimum atomic E-state index is 0.405. The molecule has 0 heterocycles. The zero-order valence-corrected chi connectivity index (χ0v) is 11.1. The molecule has 1 atom stereocenters. The van der Waals surface area contributed by atoms with Gasteiger partial charge in [0.05, 0.1) is 0 Å². The van der Waals surface area contributed by atoms with Gasteiger partial charge in [-0.15, -0.1) is 0 Å². The Kier molecular flexibility index (Phi) is 4.06. The Hall–Kier alpha value is -1.02. The van der Waals surface area contributed by atoms with Crippen LogP contribution in [0.4, 0.5) is 0 Å². The first-order chi connectivity index (χ1) is 8.22. The minimum Gasteiger partial charge on any atom is -0.490 e. The fourth-order valence-electron chi connectivity index (χ4n) is 2.20. The van der Waals surface area contributed by atoms with Gasteiger partial charge in [0.2, 0.25) is 0 Å². The molecule has 0 spiro atoms. The Morgan fingerprint density at radius 2 is 1.94 bits per heavy atom. The molecule has 1 aromatic carbocycles. The van der Waals surface area contributed by atoms with Gasteiger partial charge in [-0.1, -0.05) is 26.0 Å². The van der Waals surface area contributed by atoms with Crippen LogP contribution in [-0.4, -0.2) is 19.2 Å². The van der Waals surface area contributed by atoms with Crippen LogP contribution in [0.3, 0.4) is 0 Å². The predicted octanol–water partition coefficient (Wildman–Crippen LogP) is 3.33. The van der Waals surface area contributed by atoms with Crippen molar-refractivity contribution < 1.29 is 4.74 Å². The third-order valence-electron chi connectivity index (χ3n) is 3.87. The molecule has 1 fully saturated rings. The predicted molar refractivity (Wildman–Crippen MR) is 71.6 cm³/mol. The average Bonchev–Trinajstić information content (AvgIpc) is 2.33. The van der Waals surface area contributed by atoms with E-state index in [0.717, 1.165) is 18.6 Å². The molecule has 2 heteroatoms. The van der Waals surface area contributed by atoms with Crippen molar-refractivity contribution in [2.45, 2.75) is 51.2 Å². The van der Waals surface area contributed by atoms with Crippen molar-refractivity contribution in [3.63, 3.8) is 0 Å². The van der Waals surface area contributed by atoms with Crippen LogP contribution in [0.1, 0.15) is 44.6 Å². The van der Waals surface area contributed by atoms with E-state index in [0.29, 0.717) is 18.1 Å². The molecule has 2 nitrogen and oxygen atoms in total. The SMILES string of the molecule is CCC(C)c1ccc(OC2CC(NC)C2)cc1. The maximum absolute atomic E-state index is 5.91. The zero-order chi connectivity index (χ0) is 12.3. The lowest BCUT2D eigenvalue weighted by molar-refractivity contribution is 0.0885. The summed E-state index contributed by atoms with van der Waals surface area (Å²) in [6, 6.07) is 9.25. The first kappa shape index (κ1) is 12.4. The van der Waals surface area contributed by atoms with Gasteiger partial charge in [0.25, 0.3) is 0 Å². The summed E-state index contributed by atoms with van der Waals surface area (Å²) in [6.45, 7) is 4.49. The minimum absolute atomic E-state index is 0.405. The van der Waals surface area contributed by atoms with Crippen LogP contribution in [0.15, 0.2) is 24.3 Å². The highest BCUT2D eigenvalue weighted by Gasteiger charge is 2.29. The van der Waals surface area contributed by atoms with Crippen LogP contribution in [0.2, 0.25) is 0 Å². The number of ether oxygens (including phenoxy) is 1. The van der Waals surface area contributed by atoms with Gasteiger partial charge in [-0.05, 0) is 49.9 Å². The van der Waals surface area contributed by atoms with Crippen LogP contribution in [0.25, 0.3) is 0 Å². The average molecular weight is 233 g/mol. The van der Waals surface area contributed by atoms with E-state index in [-0.39, 0.29) is 0 Å². The summed E-state index contributed by atoms with van der Waals surface area (Å²) < 4.78 is 5.91. The molecule has 1 saturated carbocycles. The largest absolute Gasteiger partial charge is 0.490 e. The quantitative estimate of drug-likeness (QED) is 0.842. The van der Waals surface area contributed by atoms with Gasteiger partial charge in [-0.25, -0.2) is 0 Å². The van der Waals surface area contributed by atoms with E-state index in [1.165, 1.54) is 12.0 Å². The van der Waals surface area contributed by atoms with Gasteiger partial charge in [0.1, 0.15) is 11.9 Å². The Morgan fingerprint density at radius 1 is 1.29 bits per heavy atom. The Balaban J connectivity index is 1.86. The molecule has 1 N–H and O–H groups in total. The van der Waals surface area contributed by atoms with Crippen molar-refractivity contribution in [1.82, 2.24) is 5.32 Å². The normalized spacial score (nSPS) is 25.1. The van der Waals surface area contributed by atoms with Gasteiger partial charge in [0, 0.05) is 6.04 Å². The molecule has 0 saturated heterocycles. The highest BCUT2D eigenvalue weighted by Crippen LogP contribution is 2.27. The molecule has 1 aromatic rings. The van der Waals surface area contributed by atoms with E-state index in [1.54, 1.807) is 0 Å². The van der Waals surface area contributed by atoms with E-state index >= 15 is 0 Å². The third-order valence-corrected chi connectivity index (χ3v) is 3.87. The Bertz CT molecular complexity index is 340. The lowest BCUT2D eigenvalue weighted by atomic mass is 9.89. The summed E-state index contributed by atoms with van der Waals surface area (Å²) in [5, 5.41) is 3.27. The lowest BCUT2D eigenvalue weighted by Gasteiger charge is -2.35. The van der Waals surface area contributed by atoms with Crippen LogP contribution in [-0.2, 0) is 0 Å². The van der Waals surface area contributed by atoms with Gasteiger partial charge in [-0.2, -0.15) is 0 Å². The van der Waals surface area contributed by atoms with Crippen LogP contribution >= 0.6 is 0 Å². The summed E-state index contributed by atoms with van der Waals surface area (Å²) in [4.78, 5) is 0. The maximum Gasteiger partial charge on any atom is 0.119 e. The van der Waals surface area contributed by atoms with Crippen molar-refractivity contribution in [2.75, 3.05) is 7.05 Å². The molecule has 17 heavy (non-hydrogen) atoms. The smallest absolute Gasteiger partial charge is 0.119 e. The monoisotopic (exact) mass is 233 g/mol. The highest BCUT2D eigenvalue weighted by molar-refractivity contribution is 5.29. The Morgan fingerprint density at radius 3 is 2.47 bits per heavy atom. The first-order valence-electron chi connectivity index (χ1n) is 6.66. The molecule has 1 aliphatic carbocycles. The summed E-state index contributed by atoms with van der Waals surface area (Å²) in [7, 11) is 2.02. The molecule has 0 amide bonds. The van der Waals surface area contributed by atoms with Crippen molar-refractivity contribution in [3.05, 3.63) is 29.8 Å². The number of benzene rings is 1. The van der Waals surface area contributed by atoms with Gasteiger partial charge in [-0.3, -0.25) is 0 Å². The topological polar surface area (TPSA) is 21.3 Å². The van der Waals surface area contributed by atoms with Crippen molar-refractivity contribution >= 4 is 0 Å². The number of hydrogen-bond acceptors (Lipinski definition) is 2. The first-order valence-corrected chi connectivity index (χ1v) is 6.66. The van der Waals surface area contributed by atoms with Gasteiger partial charge >= 0.3 is 0 Å². The van der Waals surface area contributed by atoms with Crippen molar-refractivity contribution in [3.8, 4) is 5.75 Å². The lowest BCUT2D eigenvalue weighted by Crippen LogP contribution is -2.45. The van der Waals surface area contributed by atoms with E-state index in [1.807, 2.05) is 7.05 Å². The number of rotatable bonds is 5. The van der Waals surface area contributed by atoms with E-state index in [4.69, 9.17) is 4.74 Å². The van der Waals surface area contributed by atoms with Crippen molar-refractivity contribution in [2.24, 2.45) is 0 Å². The zero-order valence-electron chi connectivity index (χ0n) is 11.1. The Labute approximate surface area is 104 Å². The maximum atomic E-state index is 5.91. The summed E-state index contributed by atoms with van der Waals surface area (Å²) in [5.74, 6) is 1.65. The summed E-state index contributed by atoms with van der Waals surface area (Å²) >= 11 is 0. The fourth-order valence-corrected chi connectivity index (χ4v) is 2.20. The summed E-state index contributed by atoms with van der Waals surface area (Å²) in [6.07, 6.45) is 3.85. The molecule has 2 rings (SSSR count). The fraction of sp³-hybridized carbons (Fsp3) is 0.600. The van der Waals surface area contributed by atoms with E-state index in [2.05, 4.69) is 43.4 Å². The molecule has 0 bridgehead atoms. The van der Waals surface area contributed by atoms with Crippen LogP contribution in [0.5, 0.6) is 5.75 Å². The van der Waals surface area contributed by atoms with Crippen LogP contribution in [0, 0.1) is 0 Å². The molecule has 1 aliphatic rings. The second-order valence-corrected chi connectivity index (χ2v) is 5.08. The molecule has 1 unspecified atom stereocenters. The van der Waals surface area contributed by atoms with Gasteiger partial charge < -0.3 is 10.1 Å². The van der Waals surface area contributed by atoms with Gasteiger partial charge in [0.15, 0.2) is 0 Å². The highest BCUT2D eigenvalue weighted by atomic mass is 16.5. The molecular formula is C15H23NO. The van der Waals surface area contributed by atoms with Crippen molar-refractivity contribution in [1.29, 1.82) is 0 Å². The second kappa shape index (κ2) is 5.54. The molecule has 94 valence electrons. The molecular weight excluding hydrogens is 210 g/mol. The summed E-state index contributed by atoms with van der Waals surface area (Å²) in [5.41, 5.74) is 1.40. The van der Waals surface area contributed by atoms with Crippen LogP contribution < -0.4 is 10.1 Å². The molecule has 0 aromatic heterocycles. The van der Waals surface area contributed by atoms with E-state index in [9.17, 15) is 0 Å². The molecule has 0 radical (unpaired) electrons. The number of nitrogens with one attached hydrogen (secondary N) is 1. The van der Waals surface area contributed by atoms with E-state index < -0.39 is 0 Å². The standard InChI is InChI=1S/C15H23NO/c1-4-11(2)12-5-7-14(8-6-12)17-15-9-13(10-15)16-3/h5-8,11,13,15-16H,4,9-10H2,1-3H3. The number of hydrogen-bond donors (Lipinski definition) is 1. The third kappa shape index (κ3) is 3.01. The molecule has 0 aliphatic heterocycles.